The number of pyridine rings is 1. The molecule has 1 aliphatic heterocycles. The minimum Gasteiger partial charge on any atom is -0.354 e. The van der Waals surface area contributed by atoms with Gasteiger partial charge in [0.2, 0.25) is 0 Å². The highest BCUT2D eigenvalue weighted by atomic mass is 19.4. The van der Waals surface area contributed by atoms with Gasteiger partial charge in [-0.3, -0.25) is 0 Å². The predicted molar refractivity (Wildman–Crippen MR) is 76.9 cm³/mol. The van der Waals surface area contributed by atoms with Crippen molar-refractivity contribution >= 4 is 5.82 Å². The van der Waals surface area contributed by atoms with E-state index in [0.717, 1.165) is 0 Å². The van der Waals surface area contributed by atoms with Crippen LogP contribution in [0.25, 0.3) is 11.5 Å². The molecule has 1 fully saturated rings. The van der Waals surface area contributed by atoms with Gasteiger partial charge in [0.05, 0.1) is 6.42 Å². The van der Waals surface area contributed by atoms with E-state index in [4.69, 9.17) is 4.52 Å². The van der Waals surface area contributed by atoms with Gasteiger partial charge in [0, 0.05) is 37.4 Å². The first-order valence-electron chi connectivity index (χ1n) is 7.22. The van der Waals surface area contributed by atoms with Crippen LogP contribution in [0.4, 0.5) is 19.0 Å². The van der Waals surface area contributed by atoms with Crippen molar-refractivity contribution < 1.29 is 17.7 Å². The van der Waals surface area contributed by atoms with Gasteiger partial charge < -0.3 is 14.7 Å². The van der Waals surface area contributed by atoms with Crippen molar-refractivity contribution in [2.45, 2.75) is 25.6 Å². The molecule has 23 heavy (non-hydrogen) atoms. The largest absolute Gasteiger partial charge is 0.390 e. The molecule has 3 rings (SSSR count). The smallest absolute Gasteiger partial charge is 0.354 e. The number of nitrogens with one attached hydrogen (secondary N) is 1. The van der Waals surface area contributed by atoms with Crippen molar-refractivity contribution in [1.29, 1.82) is 0 Å². The van der Waals surface area contributed by atoms with E-state index in [9.17, 15) is 13.2 Å². The number of aryl methyl sites for hydroxylation is 1. The van der Waals surface area contributed by atoms with Crippen molar-refractivity contribution in [3.8, 4) is 11.5 Å². The highest BCUT2D eigenvalue weighted by Gasteiger charge is 2.34. The van der Waals surface area contributed by atoms with E-state index in [0.29, 0.717) is 36.2 Å². The van der Waals surface area contributed by atoms with Crippen LogP contribution in [0.5, 0.6) is 0 Å². The topological polar surface area (TPSA) is 67.1 Å². The third-order valence-corrected chi connectivity index (χ3v) is 3.58. The number of anilines is 1. The quantitative estimate of drug-likeness (QED) is 0.932. The first-order chi connectivity index (χ1) is 10.9. The van der Waals surface area contributed by atoms with Gasteiger partial charge in [-0.2, -0.15) is 18.2 Å². The van der Waals surface area contributed by atoms with Gasteiger partial charge in [-0.05, 0) is 19.1 Å². The fraction of sp³-hybridized carbons (Fsp3) is 0.500. The van der Waals surface area contributed by atoms with Crippen LogP contribution in [0.3, 0.4) is 0 Å². The molecule has 1 N–H and O–H groups in total. The number of hydrogen-bond acceptors (Lipinski definition) is 6. The number of halogens is 3. The molecule has 9 heteroatoms. The molecule has 0 spiro atoms. The highest BCUT2D eigenvalue weighted by Crippen LogP contribution is 2.25. The minimum atomic E-state index is -4.18. The summed E-state index contributed by atoms with van der Waals surface area (Å²) in [7, 11) is 0. The second kappa shape index (κ2) is 6.15. The fourth-order valence-electron chi connectivity index (χ4n) is 2.59. The molecule has 0 radical (unpaired) electrons. The number of alkyl halides is 3. The molecule has 1 saturated heterocycles. The summed E-state index contributed by atoms with van der Waals surface area (Å²) in [4.78, 5) is 10.2. The van der Waals surface area contributed by atoms with E-state index >= 15 is 0 Å². The van der Waals surface area contributed by atoms with Crippen molar-refractivity contribution in [3.05, 3.63) is 24.2 Å². The zero-order valence-corrected chi connectivity index (χ0v) is 12.5. The van der Waals surface area contributed by atoms with Crippen LogP contribution in [0.2, 0.25) is 0 Å². The number of hydrogen-bond donors (Lipinski definition) is 1. The molecule has 6 nitrogen and oxygen atoms in total. The van der Waals surface area contributed by atoms with Gasteiger partial charge >= 0.3 is 6.18 Å². The molecule has 2 aromatic heterocycles. The molecule has 0 amide bonds. The first-order valence-corrected chi connectivity index (χ1v) is 7.22. The minimum absolute atomic E-state index is 0.249. The van der Waals surface area contributed by atoms with Crippen LogP contribution in [0, 0.1) is 6.92 Å². The molecule has 3 heterocycles. The number of piperazine rings is 1. The zero-order chi connectivity index (χ0) is 16.4. The molecule has 1 unspecified atom stereocenters. The summed E-state index contributed by atoms with van der Waals surface area (Å²) in [5, 5.41) is 6.63. The maximum Gasteiger partial charge on any atom is 0.390 e. The van der Waals surface area contributed by atoms with Crippen LogP contribution in [-0.2, 0) is 0 Å². The fourth-order valence-corrected chi connectivity index (χ4v) is 2.59. The van der Waals surface area contributed by atoms with Crippen LogP contribution in [-0.4, -0.2) is 47.0 Å². The maximum atomic E-state index is 12.6. The number of rotatable bonds is 3. The van der Waals surface area contributed by atoms with Crippen LogP contribution >= 0.6 is 0 Å². The van der Waals surface area contributed by atoms with Crippen LogP contribution in [0.15, 0.2) is 22.9 Å². The standard InChI is InChI=1S/C14H16F3N5O/c1-9-20-13(23-21-9)10-2-3-19-12(6-10)22-5-4-18-11(8-22)7-14(15,16)17/h2-3,6,11,18H,4-5,7-8H2,1H3. The van der Waals surface area contributed by atoms with Gasteiger partial charge in [-0.25, -0.2) is 4.98 Å². The van der Waals surface area contributed by atoms with E-state index in [-0.39, 0.29) is 6.54 Å². The Hall–Kier alpha value is -2.16. The summed E-state index contributed by atoms with van der Waals surface area (Å²) in [5.41, 5.74) is 0.696. The SMILES string of the molecule is Cc1noc(-c2ccnc(N3CCNC(CC(F)(F)F)C3)c2)n1. The van der Waals surface area contributed by atoms with Crippen LogP contribution < -0.4 is 10.2 Å². The Morgan fingerprint density at radius 1 is 1.43 bits per heavy atom. The Bertz CT molecular complexity index is 672. The first kappa shape index (κ1) is 15.7. The normalized spacial score (nSPS) is 19.1. The Morgan fingerprint density at radius 3 is 2.96 bits per heavy atom. The summed E-state index contributed by atoms with van der Waals surface area (Å²) < 4.78 is 42.8. The third-order valence-electron chi connectivity index (χ3n) is 3.58. The summed E-state index contributed by atoms with van der Waals surface area (Å²) in [6.45, 7) is 3.03. The number of aromatic nitrogens is 3. The Kier molecular flexibility index (Phi) is 4.20. The lowest BCUT2D eigenvalue weighted by atomic mass is 10.1. The molecule has 0 aromatic carbocycles. The van der Waals surface area contributed by atoms with Gasteiger partial charge in [0.25, 0.3) is 5.89 Å². The third kappa shape index (κ3) is 3.98. The van der Waals surface area contributed by atoms with E-state index in [1.165, 1.54) is 0 Å². The predicted octanol–water partition coefficient (Wildman–Crippen LogP) is 2.17. The lowest BCUT2D eigenvalue weighted by molar-refractivity contribution is -0.139. The van der Waals surface area contributed by atoms with E-state index < -0.39 is 18.6 Å². The second-order valence-electron chi connectivity index (χ2n) is 5.47. The van der Waals surface area contributed by atoms with Crippen molar-refractivity contribution in [2.75, 3.05) is 24.5 Å². The van der Waals surface area contributed by atoms with Crippen molar-refractivity contribution in [2.24, 2.45) is 0 Å². The average molecular weight is 327 g/mol. The van der Waals surface area contributed by atoms with Gasteiger partial charge in [0.15, 0.2) is 5.82 Å². The lowest BCUT2D eigenvalue weighted by Crippen LogP contribution is -2.52. The highest BCUT2D eigenvalue weighted by molar-refractivity contribution is 5.58. The summed E-state index contributed by atoms with van der Waals surface area (Å²) >= 11 is 0. The van der Waals surface area contributed by atoms with Crippen molar-refractivity contribution in [1.82, 2.24) is 20.4 Å². The molecular formula is C14H16F3N5O. The van der Waals surface area contributed by atoms with Crippen LogP contribution in [0.1, 0.15) is 12.2 Å². The molecular weight excluding hydrogens is 311 g/mol. The Morgan fingerprint density at radius 2 is 2.26 bits per heavy atom. The molecule has 0 saturated carbocycles. The zero-order valence-electron chi connectivity index (χ0n) is 12.5. The van der Waals surface area contributed by atoms with Gasteiger partial charge in [-0.15, -0.1) is 0 Å². The van der Waals surface area contributed by atoms with E-state index in [2.05, 4.69) is 20.4 Å². The molecule has 1 aliphatic rings. The molecule has 1 atom stereocenters. The van der Waals surface area contributed by atoms with Gasteiger partial charge in [0.1, 0.15) is 5.82 Å². The lowest BCUT2D eigenvalue weighted by Gasteiger charge is -2.34. The monoisotopic (exact) mass is 327 g/mol. The maximum absolute atomic E-state index is 12.6. The molecule has 2 aromatic rings. The van der Waals surface area contributed by atoms with E-state index in [1.807, 2.05) is 4.90 Å². The van der Waals surface area contributed by atoms with E-state index in [1.54, 1.807) is 25.3 Å². The van der Waals surface area contributed by atoms with Crippen molar-refractivity contribution in [3.63, 3.8) is 0 Å². The summed E-state index contributed by atoms with van der Waals surface area (Å²) in [6, 6.07) is 2.84. The number of nitrogens with zero attached hydrogens (tertiary/aromatic N) is 4. The molecule has 0 aliphatic carbocycles. The average Bonchev–Trinajstić information content (AvgIpc) is 2.93. The summed E-state index contributed by atoms with van der Waals surface area (Å²) in [6.07, 6.45) is -3.45. The second-order valence-corrected chi connectivity index (χ2v) is 5.47. The summed E-state index contributed by atoms with van der Waals surface area (Å²) in [5.74, 6) is 1.49. The Balaban J connectivity index is 1.76. The van der Waals surface area contributed by atoms with Gasteiger partial charge in [-0.1, -0.05) is 5.16 Å². The molecule has 0 bridgehead atoms. The molecule has 124 valence electrons. The Labute approximate surface area is 130 Å².